The number of fused-ring (bicyclic) bond motifs is 1. The van der Waals surface area contributed by atoms with E-state index >= 15 is 0 Å². The zero-order valence-corrected chi connectivity index (χ0v) is 12.5. The number of carbonyl (C=O) groups is 1. The highest BCUT2D eigenvalue weighted by Crippen LogP contribution is 2.36. The molecule has 106 valence electrons. The first-order valence-electron chi connectivity index (χ1n) is 6.16. The number of ether oxygens (including phenoxy) is 2. The molecule has 0 aromatic heterocycles. The number of hydrogen-bond donors (Lipinski definition) is 0. The zero-order chi connectivity index (χ0) is 15.0. The molecule has 1 aliphatic heterocycles. The van der Waals surface area contributed by atoms with Crippen molar-refractivity contribution in [1.82, 2.24) is 0 Å². The second-order valence-electron chi connectivity index (χ2n) is 4.44. The second kappa shape index (κ2) is 5.43. The normalized spacial score (nSPS) is 15.0. The predicted octanol–water partition coefficient (Wildman–Crippen LogP) is 4.62. The van der Waals surface area contributed by atoms with Crippen molar-refractivity contribution in [1.29, 1.82) is 0 Å². The van der Waals surface area contributed by atoms with Crippen LogP contribution in [-0.2, 0) is 0 Å². The van der Waals surface area contributed by atoms with E-state index in [0.29, 0.717) is 32.7 Å². The lowest BCUT2D eigenvalue weighted by atomic mass is 10.1. The van der Waals surface area contributed by atoms with Gasteiger partial charge in [0.2, 0.25) is 5.78 Å². The molecule has 21 heavy (non-hydrogen) atoms. The Kier molecular flexibility index (Phi) is 3.62. The highest BCUT2D eigenvalue weighted by molar-refractivity contribution is 6.37. The largest absolute Gasteiger partial charge is 0.497 e. The summed E-state index contributed by atoms with van der Waals surface area (Å²) in [5.74, 6) is 1.07. The number of ketones is 1. The minimum atomic E-state index is -0.205. The third-order valence-electron chi connectivity index (χ3n) is 3.15. The first-order valence-corrected chi connectivity index (χ1v) is 6.92. The van der Waals surface area contributed by atoms with Crippen molar-refractivity contribution >= 4 is 35.1 Å². The molecule has 1 aliphatic rings. The molecule has 2 aromatic carbocycles. The Morgan fingerprint density at radius 3 is 2.52 bits per heavy atom. The van der Waals surface area contributed by atoms with E-state index in [1.165, 1.54) is 0 Å². The third-order valence-corrected chi connectivity index (χ3v) is 3.81. The van der Waals surface area contributed by atoms with Crippen LogP contribution >= 0.6 is 23.2 Å². The van der Waals surface area contributed by atoms with Crippen molar-refractivity contribution in [2.45, 2.75) is 0 Å². The number of hydrogen-bond acceptors (Lipinski definition) is 3. The van der Waals surface area contributed by atoms with Gasteiger partial charge in [-0.15, -0.1) is 0 Å². The fourth-order valence-electron chi connectivity index (χ4n) is 2.07. The Morgan fingerprint density at radius 1 is 1.14 bits per heavy atom. The predicted molar refractivity (Wildman–Crippen MR) is 82.4 cm³/mol. The average molecular weight is 321 g/mol. The molecule has 0 amide bonds. The molecule has 1 heterocycles. The van der Waals surface area contributed by atoms with Crippen LogP contribution in [0.15, 0.2) is 42.2 Å². The molecular formula is C16H10Cl2O3. The number of rotatable bonds is 2. The molecule has 0 fully saturated rings. The number of Topliss-reactive ketones (excluding diaryl/α,β-unsaturated/α-hetero) is 1. The molecule has 0 aliphatic carbocycles. The molecular weight excluding hydrogens is 311 g/mol. The number of methoxy groups -OCH3 is 1. The van der Waals surface area contributed by atoms with Gasteiger partial charge in [0.25, 0.3) is 0 Å². The van der Waals surface area contributed by atoms with Crippen LogP contribution in [0.25, 0.3) is 6.08 Å². The first-order chi connectivity index (χ1) is 10.1. The number of carbonyl (C=O) groups excluding carboxylic acids is 1. The van der Waals surface area contributed by atoms with Crippen molar-refractivity contribution in [3.63, 3.8) is 0 Å². The minimum Gasteiger partial charge on any atom is -0.497 e. The summed E-state index contributed by atoms with van der Waals surface area (Å²) in [6.45, 7) is 0. The molecule has 3 nitrogen and oxygen atoms in total. The van der Waals surface area contributed by atoms with Crippen LogP contribution in [0.1, 0.15) is 15.9 Å². The molecule has 3 rings (SSSR count). The van der Waals surface area contributed by atoms with Crippen molar-refractivity contribution in [2.24, 2.45) is 0 Å². The van der Waals surface area contributed by atoms with Crippen molar-refractivity contribution in [3.05, 3.63) is 63.3 Å². The molecule has 0 spiro atoms. The van der Waals surface area contributed by atoms with Gasteiger partial charge in [0, 0.05) is 21.7 Å². The van der Waals surface area contributed by atoms with E-state index < -0.39 is 0 Å². The fraction of sp³-hybridized carbons (Fsp3) is 0.0625. The summed E-state index contributed by atoms with van der Waals surface area (Å²) in [4.78, 5) is 12.3. The Hall–Kier alpha value is -1.97. The number of allylic oxidation sites excluding steroid dienone is 1. The summed E-state index contributed by atoms with van der Waals surface area (Å²) < 4.78 is 10.7. The van der Waals surface area contributed by atoms with Gasteiger partial charge in [0.15, 0.2) is 5.76 Å². The Labute approximate surface area is 131 Å². The standard InChI is InChI=1S/C16H10Cl2O3/c1-20-9-5-6-10-14(7-9)21-15(16(10)19)8-11-12(17)3-2-4-13(11)18/h2-8H,1H3/b15-8-. The maximum Gasteiger partial charge on any atom is 0.231 e. The molecule has 0 N–H and O–H groups in total. The van der Waals surface area contributed by atoms with Gasteiger partial charge in [0.05, 0.1) is 12.7 Å². The van der Waals surface area contributed by atoms with Gasteiger partial charge in [0.1, 0.15) is 11.5 Å². The summed E-state index contributed by atoms with van der Waals surface area (Å²) in [5, 5.41) is 0.917. The fourth-order valence-corrected chi connectivity index (χ4v) is 2.58. The van der Waals surface area contributed by atoms with Crippen LogP contribution in [-0.4, -0.2) is 12.9 Å². The Balaban J connectivity index is 2.03. The van der Waals surface area contributed by atoms with Gasteiger partial charge in [-0.1, -0.05) is 29.3 Å². The van der Waals surface area contributed by atoms with Crippen LogP contribution in [0.4, 0.5) is 0 Å². The van der Waals surface area contributed by atoms with E-state index in [0.717, 1.165) is 0 Å². The average Bonchev–Trinajstić information content (AvgIpc) is 2.79. The summed E-state index contributed by atoms with van der Waals surface area (Å²) in [6.07, 6.45) is 1.56. The summed E-state index contributed by atoms with van der Waals surface area (Å²) in [6, 6.07) is 10.2. The van der Waals surface area contributed by atoms with Gasteiger partial charge in [-0.3, -0.25) is 4.79 Å². The Morgan fingerprint density at radius 2 is 1.86 bits per heavy atom. The van der Waals surface area contributed by atoms with E-state index in [1.54, 1.807) is 49.6 Å². The lowest BCUT2D eigenvalue weighted by Gasteiger charge is -2.03. The van der Waals surface area contributed by atoms with Gasteiger partial charge in [-0.2, -0.15) is 0 Å². The summed E-state index contributed by atoms with van der Waals surface area (Å²) >= 11 is 12.2. The maximum absolute atomic E-state index is 12.3. The van der Waals surface area contributed by atoms with Crippen LogP contribution in [0.2, 0.25) is 10.0 Å². The molecule has 0 atom stereocenters. The van der Waals surface area contributed by atoms with Crippen LogP contribution in [0.5, 0.6) is 11.5 Å². The van der Waals surface area contributed by atoms with Crippen LogP contribution in [0, 0.1) is 0 Å². The molecule has 0 bridgehead atoms. The third kappa shape index (κ3) is 2.50. The molecule has 0 saturated heterocycles. The van der Waals surface area contributed by atoms with Crippen molar-refractivity contribution in [2.75, 3.05) is 7.11 Å². The minimum absolute atomic E-state index is 0.188. The van der Waals surface area contributed by atoms with Gasteiger partial charge >= 0.3 is 0 Å². The maximum atomic E-state index is 12.3. The van der Waals surface area contributed by atoms with E-state index in [2.05, 4.69) is 0 Å². The van der Waals surface area contributed by atoms with Gasteiger partial charge in [-0.05, 0) is 30.3 Å². The summed E-state index contributed by atoms with van der Waals surface area (Å²) in [7, 11) is 1.55. The molecule has 0 unspecified atom stereocenters. The highest BCUT2D eigenvalue weighted by atomic mass is 35.5. The number of halogens is 2. The monoisotopic (exact) mass is 320 g/mol. The zero-order valence-electron chi connectivity index (χ0n) is 11.0. The smallest absolute Gasteiger partial charge is 0.231 e. The lowest BCUT2D eigenvalue weighted by molar-refractivity contribution is 0.101. The van der Waals surface area contributed by atoms with Crippen molar-refractivity contribution in [3.8, 4) is 11.5 Å². The quantitative estimate of drug-likeness (QED) is 0.757. The SMILES string of the molecule is COc1ccc2c(c1)O/C(=C\c1c(Cl)cccc1Cl)C2=O. The summed E-state index contributed by atoms with van der Waals surface area (Å²) in [5.41, 5.74) is 1.05. The van der Waals surface area contributed by atoms with Crippen molar-refractivity contribution < 1.29 is 14.3 Å². The molecule has 0 radical (unpaired) electrons. The van der Waals surface area contributed by atoms with E-state index in [9.17, 15) is 4.79 Å². The van der Waals surface area contributed by atoms with E-state index in [4.69, 9.17) is 32.7 Å². The lowest BCUT2D eigenvalue weighted by Crippen LogP contribution is -1.98. The van der Waals surface area contributed by atoms with Gasteiger partial charge in [-0.25, -0.2) is 0 Å². The van der Waals surface area contributed by atoms with Crippen LogP contribution < -0.4 is 9.47 Å². The van der Waals surface area contributed by atoms with E-state index in [1.807, 2.05) is 0 Å². The highest BCUT2D eigenvalue weighted by Gasteiger charge is 2.28. The second-order valence-corrected chi connectivity index (χ2v) is 5.25. The van der Waals surface area contributed by atoms with Crippen LogP contribution in [0.3, 0.4) is 0 Å². The first kappa shape index (κ1) is 14.0. The molecule has 2 aromatic rings. The van der Waals surface area contributed by atoms with E-state index in [-0.39, 0.29) is 11.5 Å². The molecule has 0 saturated carbocycles. The topological polar surface area (TPSA) is 35.5 Å². The Bertz CT molecular complexity index is 746. The number of benzene rings is 2. The van der Waals surface area contributed by atoms with Gasteiger partial charge < -0.3 is 9.47 Å². The molecule has 5 heteroatoms.